The molecule has 2 aromatic rings. The molecular weight excluding hydrogens is 674 g/mol. The van der Waals surface area contributed by atoms with Crippen LogP contribution in [0.2, 0.25) is 0 Å². The van der Waals surface area contributed by atoms with Gasteiger partial charge in [-0.2, -0.15) is 0 Å². The summed E-state index contributed by atoms with van der Waals surface area (Å²) >= 11 is 0. The van der Waals surface area contributed by atoms with E-state index in [0.717, 1.165) is 74.8 Å². The van der Waals surface area contributed by atoms with E-state index in [4.69, 9.17) is 9.47 Å². The summed E-state index contributed by atoms with van der Waals surface area (Å²) in [6.07, 6.45) is 5.82. The number of para-hydroxylation sites is 1. The summed E-state index contributed by atoms with van der Waals surface area (Å²) < 4.78 is 11.6. The zero-order valence-corrected chi connectivity index (χ0v) is 31.7. The van der Waals surface area contributed by atoms with Crippen molar-refractivity contribution in [2.75, 3.05) is 57.7 Å². The van der Waals surface area contributed by atoms with Crippen LogP contribution in [0.5, 0.6) is 5.75 Å². The number of urea groups is 1. The number of nitrogens with one attached hydrogen (secondary N) is 1. The molecule has 53 heavy (non-hydrogen) atoms. The summed E-state index contributed by atoms with van der Waals surface area (Å²) in [5.74, 6) is -0.0918. The maximum Gasteiger partial charge on any atom is 0.410 e. The molecule has 4 amide bonds. The highest BCUT2D eigenvalue weighted by atomic mass is 16.6. The first-order valence-electron chi connectivity index (χ1n) is 19.7. The minimum absolute atomic E-state index is 0.000407. The Kier molecular flexibility index (Phi) is 12.8. The maximum absolute atomic E-state index is 14.2. The second-order valence-electron chi connectivity index (χ2n) is 15.3. The second kappa shape index (κ2) is 17.7. The van der Waals surface area contributed by atoms with Crippen LogP contribution in [0.4, 0.5) is 15.3 Å². The molecule has 1 atom stereocenters. The molecule has 0 radical (unpaired) electrons. The Bertz CT molecular complexity index is 1590. The van der Waals surface area contributed by atoms with Crippen LogP contribution in [-0.4, -0.2) is 119 Å². The topological polar surface area (TPSA) is 132 Å². The molecule has 3 saturated heterocycles. The summed E-state index contributed by atoms with van der Waals surface area (Å²) in [6.45, 7) is 10.5. The van der Waals surface area contributed by atoms with E-state index in [2.05, 4.69) is 17.1 Å². The first kappa shape index (κ1) is 38.4. The van der Waals surface area contributed by atoms with Crippen LogP contribution in [0.15, 0.2) is 36.4 Å². The van der Waals surface area contributed by atoms with Gasteiger partial charge in [0, 0.05) is 56.9 Å². The molecule has 0 aromatic heterocycles. The molecule has 12 heteroatoms. The highest BCUT2D eigenvalue weighted by Crippen LogP contribution is 2.29. The van der Waals surface area contributed by atoms with Crippen LogP contribution in [0.25, 0.3) is 0 Å². The minimum Gasteiger partial charge on any atom is -0.507 e. The summed E-state index contributed by atoms with van der Waals surface area (Å²) in [6, 6.07) is 11.8. The molecular formula is C41H57N5O7. The lowest BCUT2D eigenvalue weighted by Gasteiger charge is -2.42. The average molecular weight is 732 g/mol. The molecule has 288 valence electrons. The first-order chi connectivity index (χ1) is 25.6. The van der Waals surface area contributed by atoms with Crippen LogP contribution < -0.4 is 5.32 Å². The number of ether oxygens (including phenoxy) is 2. The van der Waals surface area contributed by atoms with Gasteiger partial charge in [0.1, 0.15) is 5.75 Å². The Labute approximate surface area is 313 Å². The van der Waals surface area contributed by atoms with Crippen molar-refractivity contribution < 1.29 is 33.8 Å². The molecule has 0 bridgehead atoms. The Morgan fingerprint density at radius 3 is 2.19 bits per heavy atom. The van der Waals surface area contributed by atoms with E-state index in [0.29, 0.717) is 69.3 Å². The number of fused-ring (bicyclic) bond motifs is 1. The minimum atomic E-state index is -1.01. The van der Waals surface area contributed by atoms with Crippen molar-refractivity contribution in [1.29, 1.82) is 0 Å². The van der Waals surface area contributed by atoms with E-state index < -0.39 is 12.2 Å². The lowest BCUT2D eigenvalue weighted by atomic mass is 9.93. The van der Waals surface area contributed by atoms with E-state index in [-0.39, 0.29) is 42.0 Å². The first-order valence-corrected chi connectivity index (χ1v) is 19.7. The van der Waals surface area contributed by atoms with Gasteiger partial charge in [0.15, 0.2) is 6.10 Å². The van der Waals surface area contributed by atoms with Gasteiger partial charge in [0.25, 0.3) is 5.91 Å². The fourth-order valence-corrected chi connectivity index (χ4v) is 8.44. The van der Waals surface area contributed by atoms with Crippen molar-refractivity contribution in [2.24, 2.45) is 5.92 Å². The van der Waals surface area contributed by atoms with Crippen molar-refractivity contribution >= 4 is 29.7 Å². The molecule has 0 aliphatic carbocycles. The van der Waals surface area contributed by atoms with Gasteiger partial charge < -0.3 is 39.5 Å². The van der Waals surface area contributed by atoms with E-state index in [1.54, 1.807) is 4.90 Å². The zero-order chi connectivity index (χ0) is 37.5. The number of aromatic hydroxyl groups is 1. The fourth-order valence-electron chi connectivity index (χ4n) is 8.44. The Morgan fingerprint density at radius 1 is 0.868 bits per heavy atom. The lowest BCUT2D eigenvalue weighted by molar-refractivity contribution is -0.151. The number of amides is 4. The predicted molar refractivity (Wildman–Crippen MR) is 202 cm³/mol. The summed E-state index contributed by atoms with van der Waals surface area (Å²) in [4.78, 5) is 61.3. The zero-order valence-electron chi connectivity index (χ0n) is 31.7. The Morgan fingerprint density at radius 2 is 1.51 bits per heavy atom. The third-order valence-electron chi connectivity index (χ3n) is 11.7. The van der Waals surface area contributed by atoms with Gasteiger partial charge >= 0.3 is 18.1 Å². The average Bonchev–Trinajstić information content (AvgIpc) is 3.34. The van der Waals surface area contributed by atoms with Gasteiger partial charge in [0.2, 0.25) is 0 Å². The number of piperidine rings is 3. The largest absolute Gasteiger partial charge is 0.507 e. The molecule has 2 N–H and O–H groups in total. The molecule has 0 unspecified atom stereocenters. The van der Waals surface area contributed by atoms with Crippen LogP contribution in [0.1, 0.15) is 80.5 Å². The second-order valence-corrected chi connectivity index (χ2v) is 15.3. The van der Waals surface area contributed by atoms with Crippen molar-refractivity contribution in [1.82, 2.24) is 19.6 Å². The van der Waals surface area contributed by atoms with Crippen molar-refractivity contribution in [3.8, 4) is 5.75 Å². The van der Waals surface area contributed by atoms with E-state index in [1.807, 2.05) is 60.0 Å². The molecule has 4 heterocycles. The SMILES string of the molecule is CCCCOC(=O)C1CCN(C2CCN(C(=O)[C@@H](Cc3cc(C)c(O)c(C)c3)OC(=O)N3CCC(N4CCc5ccccc5NC4=O)CC3)CC2)CC1. The van der Waals surface area contributed by atoms with Crippen LogP contribution >= 0.6 is 0 Å². The number of benzene rings is 2. The predicted octanol–water partition coefficient (Wildman–Crippen LogP) is 5.66. The molecule has 2 aromatic carbocycles. The summed E-state index contributed by atoms with van der Waals surface area (Å²) in [7, 11) is 0. The van der Waals surface area contributed by atoms with Gasteiger partial charge in [-0.1, -0.05) is 43.7 Å². The molecule has 6 rings (SSSR count). The van der Waals surface area contributed by atoms with Crippen molar-refractivity contribution in [3.05, 3.63) is 58.7 Å². The van der Waals surface area contributed by atoms with Gasteiger partial charge in [-0.05, 0) is 107 Å². The van der Waals surface area contributed by atoms with Crippen LogP contribution in [0.3, 0.4) is 0 Å². The molecule has 0 spiro atoms. The van der Waals surface area contributed by atoms with Gasteiger partial charge in [-0.25, -0.2) is 9.59 Å². The van der Waals surface area contributed by atoms with Crippen LogP contribution in [-0.2, 0) is 31.9 Å². The number of rotatable bonds is 10. The highest BCUT2D eigenvalue weighted by Gasteiger charge is 2.37. The molecule has 4 aliphatic rings. The number of esters is 1. The van der Waals surface area contributed by atoms with Gasteiger partial charge in [-0.15, -0.1) is 0 Å². The van der Waals surface area contributed by atoms with Gasteiger partial charge in [0.05, 0.1) is 12.5 Å². The van der Waals surface area contributed by atoms with E-state index in [1.165, 1.54) is 0 Å². The molecule has 12 nitrogen and oxygen atoms in total. The third-order valence-corrected chi connectivity index (χ3v) is 11.7. The van der Waals surface area contributed by atoms with Crippen molar-refractivity contribution in [3.63, 3.8) is 0 Å². The molecule has 0 saturated carbocycles. The number of carbonyl (C=O) groups is 4. The van der Waals surface area contributed by atoms with Crippen molar-refractivity contribution in [2.45, 2.75) is 103 Å². The smallest absolute Gasteiger partial charge is 0.410 e. The number of nitrogens with zero attached hydrogens (tertiary/aromatic N) is 4. The standard InChI is InChI=1S/C41H57N5O7/c1-4-5-24-52-39(49)32-10-17-43(18-11-32)33-13-19-44(20-14-33)38(48)36(27-30-25-28(2)37(47)29(3)26-30)53-41(51)45-21-15-34(16-22-45)46-23-12-31-8-6-7-9-35(31)42-40(46)50/h6-9,25-26,32-34,36,47H,4-5,10-24,27H2,1-3H3,(H,42,50)/t36-/m1/s1. The number of carbonyl (C=O) groups excluding carboxylic acids is 4. The normalized spacial score (nSPS) is 20.0. The third kappa shape index (κ3) is 9.44. The quantitative estimate of drug-likeness (QED) is 0.237. The number of hydrogen-bond donors (Lipinski definition) is 2. The number of phenols is 1. The van der Waals surface area contributed by atoms with Gasteiger partial charge in [-0.3, -0.25) is 9.59 Å². The van der Waals surface area contributed by atoms with E-state index >= 15 is 0 Å². The maximum atomic E-state index is 14.2. The van der Waals surface area contributed by atoms with E-state index in [9.17, 15) is 24.3 Å². The number of unbranched alkanes of at least 4 members (excludes halogenated alkanes) is 1. The Balaban J connectivity index is 1.04. The fraction of sp³-hybridized carbons (Fsp3) is 0.610. The monoisotopic (exact) mass is 731 g/mol. The number of aryl methyl sites for hydroxylation is 2. The highest BCUT2D eigenvalue weighted by molar-refractivity contribution is 5.91. The summed E-state index contributed by atoms with van der Waals surface area (Å²) in [5.41, 5.74) is 4.20. The number of hydrogen-bond acceptors (Lipinski definition) is 8. The summed E-state index contributed by atoms with van der Waals surface area (Å²) in [5, 5.41) is 13.4. The number of likely N-dealkylation sites (tertiary alicyclic amines) is 3. The molecule has 3 fully saturated rings. The Hall–Kier alpha value is -4.32. The number of anilines is 1. The number of phenolic OH excluding ortho intramolecular Hbond substituents is 1. The molecule has 4 aliphatic heterocycles. The lowest BCUT2D eigenvalue weighted by Crippen LogP contribution is -2.53. The van der Waals surface area contributed by atoms with Crippen LogP contribution in [0, 0.1) is 19.8 Å².